The van der Waals surface area contributed by atoms with Gasteiger partial charge in [0.2, 0.25) is 10.0 Å². The number of benzene rings is 2. The predicted molar refractivity (Wildman–Crippen MR) is 113 cm³/mol. The van der Waals surface area contributed by atoms with Crippen LogP contribution in [0.15, 0.2) is 59.8 Å². The lowest BCUT2D eigenvalue weighted by atomic mass is 10.0. The summed E-state index contributed by atoms with van der Waals surface area (Å²) in [6, 6.07) is 11.0. The molecule has 4 N–H and O–H groups in total. The molecule has 2 aromatic carbocycles. The molecule has 1 aliphatic rings. The average Bonchev–Trinajstić information content (AvgIpc) is 3.24. The van der Waals surface area contributed by atoms with E-state index in [4.69, 9.17) is 11.5 Å². The number of rotatable bonds is 5. The van der Waals surface area contributed by atoms with Gasteiger partial charge in [-0.3, -0.25) is 4.98 Å². The Morgan fingerprint density at radius 1 is 1.10 bits per heavy atom. The first kappa shape index (κ1) is 20.4. The van der Waals surface area contributed by atoms with E-state index in [9.17, 15) is 12.8 Å². The number of nitrogens with two attached hydrogens (primary N) is 2. The van der Waals surface area contributed by atoms with Crippen LogP contribution in [0.1, 0.15) is 12.8 Å². The zero-order valence-electron chi connectivity index (χ0n) is 16.2. The molecule has 0 aliphatic carbocycles. The summed E-state index contributed by atoms with van der Waals surface area (Å²) < 4.78 is 43.1. The third-order valence-corrected chi connectivity index (χ3v) is 7.31. The third kappa shape index (κ3) is 3.67. The Hall–Kier alpha value is -2.88. The van der Waals surface area contributed by atoms with Crippen molar-refractivity contribution in [2.24, 2.45) is 5.73 Å². The zero-order valence-corrected chi connectivity index (χ0v) is 17.0. The number of halogens is 1. The average molecular weight is 428 g/mol. The minimum atomic E-state index is -3.76. The Labute approximate surface area is 174 Å². The van der Waals surface area contributed by atoms with Crippen LogP contribution in [0, 0.1) is 5.82 Å². The first-order valence-corrected chi connectivity index (χ1v) is 11.0. The Bertz CT molecular complexity index is 1170. The van der Waals surface area contributed by atoms with E-state index >= 15 is 0 Å². The fourth-order valence-electron chi connectivity index (χ4n) is 3.79. The molecule has 0 saturated carbocycles. The second kappa shape index (κ2) is 8.10. The second-order valence-electron chi connectivity index (χ2n) is 7.16. The van der Waals surface area contributed by atoms with E-state index < -0.39 is 15.8 Å². The van der Waals surface area contributed by atoms with Crippen LogP contribution in [0.4, 0.5) is 10.2 Å². The van der Waals surface area contributed by atoms with Gasteiger partial charge in [-0.15, -0.1) is 0 Å². The van der Waals surface area contributed by atoms with E-state index in [0.29, 0.717) is 23.4 Å². The van der Waals surface area contributed by atoms with Crippen molar-refractivity contribution in [1.82, 2.24) is 14.3 Å². The standard InChI is InChI=1S/C21H22FN5O2S/c22-18-10-14(7-8-17(18)19-12-26-21(24)13-25-19)16-5-1-2-6-20(16)30(28,29)27-9-3-4-15(27)11-23/h1-2,5-8,10,12-13,15H,3-4,9,11,23H2,(H2,24,26)/t15-/m1/s1. The topological polar surface area (TPSA) is 115 Å². The lowest BCUT2D eigenvalue weighted by Crippen LogP contribution is -2.40. The minimum Gasteiger partial charge on any atom is -0.382 e. The van der Waals surface area contributed by atoms with Crippen molar-refractivity contribution < 1.29 is 12.8 Å². The molecule has 0 spiro atoms. The number of nitrogen functional groups attached to an aromatic ring is 1. The van der Waals surface area contributed by atoms with E-state index in [1.165, 1.54) is 22.8 Å². The van der Waals surface area contributed by atoms with Crippen molar-refractivity contribution in [2.45, 2.75) is 23.8 Å². The lowest BCUT2D eigenvalue weighted by Gasteiger charge is -2.24. The molecule has 1 fully saturated rings. The van der Waals surface area contributed by atoms with Crippen LogP contribution in [0.3, 0.4) is 0 Å². The molecule has 9 heteroatoms. The van der Waals surface area contributed by atoms with Crippen molar-refractivity contribution in [3.63, 3.8) is 0 Å². The molecule has 0 radical (unpaired) electrons. The smallest absolute Gasteiger partial charge is 0.243 e. The Morgan fingerprint density at radius 3 is 2.60 bits per heavy atom. The highest BCUT2D eigenvalue weighted by molar-refractivity contribution is 7.89. The Kier molecular flexibility index (Phi) is 5.50. The van der Waals surface area contributed by atoms with Gasteiger partial charge in [-0.25, -0.2) is 17.8 Å². The van der Waals surface area contributed by atoms with E-state index in [-0.39, 0.29) is 28.9 Å². The highest BCUT2D eigenvalue weighted by Gasteiger charge is 2.35. The van der Waals surface area contributed by atoms with E-state index in [1.54, 1.807) is 36.4 Å². The van der Waals surface area contributed by atoms with Crippen LogP contribution in [0.2, 0.25) is 0 Å². The van der Waals surface area contributed by atoms with Crippen LogP contribution in [0.5, 0.6) is 0 Å². The monoisotopic (exact) mass is 427 g/mol. The van der Waals surface area contributed by atoms with E-state index in [0.717, 1.165) is 12.8 Å². The van der Waals surface area contributed by atoms with Crippen LogP contribution >= 0.6 is 0 Å². The summed E-state index contributed by atoms with van der Waals surface area (Å²) >= 11 is 0. The second-order valence-corrected chi connectivity index (χ2v) is 9.02. The molecule has 0 amide bonds. The molecule has 1 atom stereocenters. The van der Waals surface area contributed by atoms with Crippen molar-refractivity contribution in [3.8, 4) is 22.4 Å². The molecule has 30 heavy (non-hydrogen) atoms. The third-order valence-electron chi connectivity index (χ3n) is 5.30. The normalized spacial score (nSPS) is 17.3. The Morgan fingerprint density at radius 2 is 1.90 bits per heavy atom. The van der Waals surface area contributed by atoms with Gasteiger partial charge in [0.1, 0.15) is 11.6 Å². The van der Waals surface area contributed by atoms with Gasteiger partial charge < -0.3 is 11.5 Å². The summed E-state index contributed by atoms with van der Waals surface area (Å²) in [5.74, 6) is -0.285. The van der Waals surface area contributed by atoms with Crippen molar-refractivity contribution in [2.75, 3.05) is 18.8 Å². The van der Waals surface area contributed by atoms with Crippen molar-refractivity contribution >= 4 is 15.8 Å². The van der Waals surface area contributed by atoms with Gasteiger partial charge in [0, 0.05) is 30.3 Å². The molecule has 1 aliphatic heterocycles. The van der Waals surface area contributed by atoms with Crippen LogP contribution in [-0.4, -0.2) is 41.8 Å². The SMILES string of the molecule is NC[C@H]1CCCN1S(=O)(=O)c1ccccc1-c1ccc(-c2cnc(N)cn2)c(F)c1. The van der Waals surface area contributed by atoms with Crippen LogP contribution < -0.4 is 11.5 Å². The first-order chi connectivity index (χ1) is 14.4. The Balaban J connectivity index is 1.76. The molecule has 1 aromatic heterocycles. The minimum absolute atomic E-state index is 0.143. The summed E-state index contributed by atoms with van der Waals surface area (Å²) in [6.07, 6.45) is 4.26. The van der Waals surface area contributed by atoms with Gasteiger partial charge in [0.05, 0.1) is 23.0 Å². The molecule has 4 rings (SSSR count). The van der Waals surface area contributed by atoms with Crippen LogP contribution in [0.25, 0.3) is 22.4 Å². The molecule has 2 heterocycles. The summed E-state index contributed by atoms with van der Waals surface area (Å²) in [7, 11) is -3.76. The van der Waals surface area contributed by atoms with Crippen LogP contribution in [-0.2, 0) is 10.0 Å². The lowest BCUT2D eigenvalue weighted by molar-refractivity contribution is 0.393. The predicted octanol–water partition coefficient (Wildman–Crippen LogP) is 2.64. The maximum absolute atomic E-state index is 14.9. The number of hydrogen-bond acceptors (Lipinski definition) is 6. The molecule has 0 bridgehead atoms. The summed E-state index contributed by atoms with van der Waals surface area (Å²) in [6.45, 7) is 0.703. The number of anilines is 1. The van der Waals surface area contributed by atoms with Gasteiger partial charge in [0.25, 0.3) is 0 Å². The van der Waals surface area contributed by atoms with Crippen molar-refractivity contribution in [3.05, 3.63) is 60.7 Å². The number of nitrogens with zero attached hydrogens (tertiary/aromatic N) is 3. The zero-order chi connectivity index (χ0) is 21.3. The van der Waals surface area contributed by atoms with Gasteiger partial charge >= 0.3 is 0 Å². The molecule has 1 saturated heterocycles. The molecule has 7 nitrogen and oxygen atoms in total. The summed E-state index contributed by atoms with van der Waals surface area (Å²) in [5.41, 5.74) is 12.8. The first-order valence-electron chi connectivity index (χ1n) is 9.60. The number of sulfonamides is 1. The fraction of sp³-hybridized carbons (Fsp3) is 0.238. The van der Waals surface area contributed by atoms with Gasteiger partial charge in [0.15, 0.2) is 0 Å². The highest BCUT2D eigenvalue weighted by Crippen LogP contribution is 2.34. The maximum Gasteiger partial charge on any atom is 0.243 e. The van der Waals surface area contributed by atoms with Gasteiger partial charge in [-0.1, -0.05) is 24.3 Å². The quantitative estimate of drug-likeness (QED) is 0.647. The van der Waals surface area contributed by atoms with E-state index in [2.05, 4.69) is 9.97 Å². The van der Waals surface area contributed by atoms with E-state index in [1.807, 2.05) is 0 Å². The van der Waals surface area contributed by atoms with Crippen molar-refractivity contribution in [1.29, 1.82) is 0 Å². The molecular formula is C21H22FN5O2S. The highest BCUT2D eigenvalue weighted by atomic mass is 32.2. The molecular weight excluding hydrogens is 405 g/mol. The summed E-state index contributed by atoms with van der Waals surface area (Å²) in [5, 5.41) is 0. The molecule has 0 unspecified atom stereocenters. The fourth-order valence-corrected chi connectivity index (χ4v) is 5.71. The maximum atomic E-state index is 14.9. The summed E-state index contributed by atoms with van der Waals surface area (Å²) in [4.78, 5) is 8.18. The van der Waals surface area contributed by atoms with Gasteiger partial charge in [-0.05, 0) is 36.6 Å². The molecule has 156 valence electrons. The van der Waals surface area contributed by atoms with Gasteiger partial charge in [-0.2, -0.15) is 4.31 Å². The molecule has 3 aromatic rings. The number of aromatic nitrogens is 2. The largest absolute Gasteiger partial charge is 0.382 e. The number of hydrogen-bond donors (Lipinski definition) is 2.